The summed E-state index contributed by atoms with van der Waals surface area (Å²) in [7, 11) is 0. The van der Waals surface area contributed by atoms with Gasteiger partial charge in [-0.05, 0) is 35.6 Å². The summed E-state index contributed by atoms with van der Waals surface area (Å²) in [6.07, 6.45) is 1.94. The molecule has 0 bridgehead atoms. The first-order valence-corrected chi connectivity index (χ1v) is 8.59. The maximum Gasteiger partial charge on any atom is 0.127 e. The zero-order chi connectivity index (χ0) is 17.1. The first-order valence-electron chi connectivity index (χ1n) is 8.59. The van der Waals surface area contributed by atoms with Gasteiger partial charge in [0.1, 0.15) is 12.4 Å². The third kappa shape index (κ3) is 3.14. The largest absolute Gasteiger partial charge is 0.488 e. The highest BCUT2D eigenvalue weighted by Crippen LogP contribution is 2.47. The lowest BCUT2D eigenvalue weighted by atomic mass is 9.95. The summed E-state index contributed by atoms with van der Waals surface area (Å²) in [6.45, 7) is 0.549. The minimum atomic E-state index is -0.234. The molecular formula is C23H19NO. The fraction of sp³-hybridized carbons (Fsp3) is 0.174. The Kier molecular flexibility index (Phi) is 3.99. The van der Waals surface area contributed by atoms with Crippen molar-refractivity contribution in [1.29, 1.82) is 5.26 Å². The van der Waals surface area contributed by atoms with Crippen molar-refractivity contribution in [2.24, 2.45) is 0 Å². The lowest BCUT2D eigenvalue weighted by Gasteiger charge is -2.13. The summed E-state index contributed by atoms with van der Waals surface area (Å²) in [5.41, 5.74) is 4.23. The Labute approximate surface area is 148 Å². The lowest BCUT2D eigenvalue weighted by molar-refractivity contribution is 0.307. The molecular weight excluding hydrogens is 306 g/mol. The van der Waals surface area contributed by atoms with Crippen LogP contribution in [-0.4, -0.2) is 0 Å². The Morgan fingerprint density at radius 1 is 0.840 bits per heavy atom. The summed E-state index contributed by atoms with van der Waals surface area (Å²) >= 11 is 0. The van der Waals surface area contributed by atoms with E-state index in [1.807, 2.05) is 36.4 Å². The molecule has 0 saturated heterocycles. The highest BCUT2D eigenvalue weighted by Gasteiger charge is 2.44. The third-order valence-corrected chi connectivity index (χ3v) is 4.84. The molecule has 0 amide bonds. The molecule has 25 heavy (non-hydrogen) atoms. The van der Waals surface area contributed by atoms with Crippen molar-refractivity contribution >= 4 is 0 Å². The van der Waals surface area contributed by atoms with E-state index < -0.39 is 0 Å². The predicted molar refractivity (Wildman–Crippen MR) is 99.2 cm³/mol. The summed E-state index contributed by atoms with van der Waals surface area (Å²) in [4.78, 5) is 0. The first-order chi connectivity index (χ1) is 12.3. The van der Waals surface area contributed by atoms with Gasteiger partial charge in [-0.2, -0.15) is 5.26 Å². The van der Waals surface area contributed by atoms with Gasteiger partial charge in [-0.25, -0.2) is 0 Å². The average molecular weight is 325 g/mol. The molecule has 1 aliphatic rings. The zero-order valence-corrected chi connectivity index (χ0v) is 14.0. The molecule has 0 radical (unpaired) electrons. The van der Waals surface area contributed by atoms with Gasteiger partial charge in [0.05, 0.1) is 11.5 Å². The Hall–Kier alpha value is -3.05. The normalized spacial score (nSPS) is 14.5. The van der Waals surface area contributed by atoms with Gasteiger partial charge in [0.2, 0.25) is 0 Å². The number of hydrogen-bond acceptors (Lipinski definition) is 2. The SMILES string of the molecule is N#CC1(c2ccc(-c3ccccc3OCc3ccccc3)cc2)CC1. The van der Waals surface area contributed by atoms with Crippen LogP contribution in [-0.2, 0) is 12.0 Å². The number of nitrogens with zero attached hydrogens (tertiary/aromatic N) is 1. The smallest absolute Gasteiger partial charge is 0.127 e. The second-order valence-electron chi connectivity index (χ2n) is 6.54. The van der Waals surface area contributed by atoms with Crippen molar-refractivity contribution in [3.63, 3.8) is 0 Å². The summed E-state index contributed by atoms with van der Waals surface area (Å²) in [5, 5.41) is 9.35. The van der Waals surface area contributed by atoms with E-state index in [-0.39, 0.29) is 5.41 Å². The van der Waals surface area contributed by atoms with Crippen LogP contribution in [0.2, 0.25) is 0 Å². The van der Waals surface area contributed by atoms with Crippen LogP contribution in [0.3, 0.4) is 0 Å². The first kappa shape index (κ1) is 15.5. The van der Waals surface area contributed by atoms with E-state index in [9.17, 15) is 5.26 Å². The molecule has 1 fully saturated rings. The van der Waals surface area contributed by atoms with Crippen LogP contribution in [0.4, 0.5) is 0 Å². The lowest BCUT2D eigenvalue weighted by Crippen LogP contribution is -2.02. The number of ether oxygens (including phenoxy) is 1. The fourth-order valence-electron chi connectivity index (χ4n) is 3.13. The van der Waals surface area contributed by atoms with E-state index in [1.54, 1.807) is 0 Å². The Bertz CT molecular complexity index is 903. The third-order valence-electron chi connectivity index (χ3n) is 4.84. The second kappa shape index (κ2) is 6.45. The van der Waals surface area contributed by atoms with Crippen molar-refractivity contribution in [3.8, 4) is 22.9 Å². The standard InChI is InChI=1S/C23H19NO/c24-17-23(14-15-23)20-12-10-19(11-13-20)21-8-4-5-9-22(21)25-16-18-6-2-1-3-7-18/h1-13H,14-16H2. The Balaban J connectivity index is 1.57. The molecule has 0 spiro atoms. The van der Waals surface area contributed by atoms with Crippen LogP contribution in [0.15, 0.2) is 78.9 Å². The molecule has 0 heterocycles. The number of rotatable bonds is 5. The Morgan fingerprint density at radius 3 is 2.20 bits per heavy atom. The van der Waals surface area contributed by atoms with Gasteiger partial charge in [-0.3, -0.25) is 0 Å². The topological polar surface area (TPSA) is 33.0 Å². The van der Waals surface area contributed by atoms with Gasteiger partial charge in [0.25, 0.3) is 0 Å². The minimum Gasteiger partial charge on any atom is -0.488 e. The number of hydrogen-bond donors (Lipinski definition) is 0. The van der Waals surface area contributed by atoms with Gasteiger partial charge in [-0.15, -0.1) is 0 Å². The molecule has 1 saturated carbocycles. The van der Waals surface area contributed by atoms with Gasteiger partial charge < -0.3 is 4.74 Å². The van der Waals surface area contributed by atoms with Crippen LogP contribution in [0.5, 0.6) is 5.75 Å². The molecule has 4 rings (SSSR count). The van der Waals surface area contributed by atoms with Crippen molar-refractivity contribution in [1.82, 2.24) is 0 Å². The van der Waals surface area contributed by atoms with E-state index in [0.717, 1.165) is 40.8 Å². The molecule has 3 aromatic rings. The quantitative estimate of drug-likeness (QED) is 0.621. The van der Waals surface area contributed by atoms with Crippen molar-refractivity contribution in [2.45, 2.75) is 24.9 Å². The van der Waals surface area contributed by atoms with Crippen LogP contribution >= 0.6 is 0 Å². The molecule has 0 unspecified atom stereocenters. The van der Waals surface area contributed by atoms with Gasteiger partial charge >= 0.3 is 0 Å². The Morgan fingerprint density at radius 2 is 1.52 bits per heavy atom. The number of benzene rings is 3. The predicted octanol–water partition coefficient (Wildman–Crippen LogP) is 5.49. The van der Waals surface area contributed by atoms with E-state index in [4.69, 9.17) is 4.74 Å². The molecule has 122 valence electrons. The zero-order valence-electron chi connectivity index (χ0n) is 14.0. The summed E-state index contributed by atoms with van der Waals surface area (Å²) in [6, 6.07) is 29.1. The van der Waals surface area contributed by atoms with E-state index in [1.165, 1.54) is 0 Å². The highest BCUT2D eigenvalue weighted by atomic mass is 16.5. The number of para-hydroxylation sites is 1. The molecule has 0 N–H and O–H groups in total. The average Bonchev–Trinajstić information content (AvgIpc) is 3.49. The van der Waals surface area contributed by atoms with Crippen LogP contribution in [0.1, 0.15) is 24.0 Å². The molecule has 0 aromatic heterocycles. The fourth-order valence-corrected chi connectivity index (χ4v) is 3.13. The summed E-state index contributed by atoms with van der Waals surface area (Å²) in [5.74, 6) is 0.875. The van der Waals surface area contributed by atoms with Crippen LogP contribution in [0.25, 0.3) is 11.1 Å². The van der Waals surface area contributed by atoms with Crippen molar-refractivity contribution in [2.75, 3.05) is 0 Å². The van der Waals surface area contributed by atoms with Gasteiger partial charge in [0, 0.05) is 5.56 Å². The molecule has 0 aliphatic heterocycles. The molecule has 1 aliphatic carbocycles. The molecule has 3 aromatic carbocycles. The molecule has 2 heteroatoms. The van der Waals surface area contributed by atoms with Crippen molar-refractivity contribution < 1.29 is 4.74 Å². The van der Waals surface area contributed by atoms with E-state index in [0.29, 0.717) is 6.61 Å². The molecule has 0 atom stereocenters. The van der Waals surface area contributed by atoms with Gasteiger partial charge in [-0.1, -0.05) is 72.8 Å². The maximum atomic E-state index is 9.35. The summed E-state index contributed by atoms with van der Waals surface area (Å²) < 4.78 is 6.06. The van der Waals surface area contributed by atoms with Crippen LogP contribution < -0.4 is 4.74 Å². The maximum absolute atomic E-state index is 9.35. The van der Waals surface area contributed by atoms with E-state index >= 15 is 0 Å². The van der Waals surface area contributed by atoms with Gasteiger partial charge in [0.15, 0.2) is 0 Å². The molecule has 2 nitrogen and oxygen atoms in total. The number of nitriles is 1. The minimum absolute atomic E-state index is 0.234. The highest BCUT2D eigenvalue weighted by molar-refractivity contribution is 5.71. The van der Waals surface area contributed by atoms with Crippen LogP contribution in [0, 0.1) is 11.3 Å². The van der Waals surface area contributed by atoms with E-state index in [2.05, 4.69) is 48.5 Å². The van der Waals surface area contributed by atoms with Crippen molar-refractivity contribution in [3.05, 3.63) is 90.0 Å². The monoisotopic (exact) mass is 325 g/mol. The second-order valence-corrected chi connectivity index (χ2v) is 6.54.